The van der Waals surface area contributed by atoms with E-state index in [-0.39, 0.29) is 11.2 Å². The maximum absolute atomic E-state index is 12.4. The molecule has 29 heavy (non-hydrogen) atoms. The molecule has 2 heterocycles. The van der Waals surface area contributed by atoms with E-state index < -0.39 is 0 Å². The van der Waals surface area contributed by atoms with E-state index in [2.05, 4.69) is 29.4 Å². The Labute approximate surface area is 174 Å². The number of hydrogen-bond donors (Lipinski definition) is 1. The second kappa shape index (κ2) is 9.65. The normalized spacial score (nSPS) is 12.2. The molecule has 3 rings (SSSR count). The SMILES string of the molecule is COc1cccc(-c2nnc(S[C@@H](C)C(=O)NCC(C)C)n2Cc2ccco2)c1. The number of carbonyl (C=O) groups excluding carboxylic acids is 1. The maximum atomic E-state index is 12.4. The standard InChI is InChI=1S/C21H26N4O3S/c1-14(2)12-22-20(26)15(3)29-21-24-23-19(16-7-5-8-17(11-16)27-4)25(21)13-18-9-6-10-28-18/h5-11,14-15H,12-13H2,1-4H3,(H,22,26)/t15-/m0/s1. The zero-order valence-corrected chi connectivity index (χ0v) is 17.9. The third-order valence-electron chi connectivity index (χ3n) is 4.27. The van der Waals surface area contributed by atoms with Crippen molar-refractivity contribution < 1.29 is 13.9 Å². The van der Waals surface area contributed by atoms with E-state index in [1.807, 2.05) is 47.9 Å². The number of furan rings is 1. The first-order valence-corrected chi connectivity index (χ1v) is 10.4. The summed E-state index contributed by atoms with van der Waals surface area (Å²) < 4.78 is 12.8. The van der Waals surface area contributed by atoms with Crippen LogP contribution in [0.5, 0.6) is 5.75 Å². The summed E-state index contributed by atoms with van der Waals surface area (Å²) in [6.07, 6.45) is 1.64. The summed E-state index contributed by atoms with van der Waals surface area (Å²) in [7, 11) is 1.63. The van der Waals surface area contributed by atoms with Crippen LogP contribution in [0.2, 0.25) is 0 Å². The Balaban J connectivity index is 1.88. The summed E-state index contributed by atoms with van der Waals surface area (Å²) in [5.41, 5.74) is 0.882. The number of nitrogens with one attached hydrogen (secondary N) is 1. The number of nitrogens with zero attached hydrogens (tertiary/aromatic N) is 3. The highest BCUT2D eigenvalue weighted by atomic mass is 32.2. The highest BCUT2D eigenvalue weighted by molar-refractivity contribution is 8.00. The highest BCUT2D eigenvalue weighted by Gasteiger charge is 2.21. The summed E-state index contributed by atoms with van der Waals surface area (Å²) in [6.45, 7) is 7.13. The van der Waals surface area contributed by atoms with Gasteiger partial charge in [-0.15, -0.1) is 10.2 Å². The minimum Gasteiger partial charge on any atom is -0.497 e. The van der Waals surface area contributed by atoms with Gasteiger partial charge in [-0.25, -0.2) is 0 Å². The number of hydrogen-bond acceptors (Lipinski definition) is 6. The van der Waals surface area contributed by atoms with Crippen molar-refractivity contribution in [3.05, 3.63) is 48.4 Å². The molecule has 2 aromatic heterocycles. The number of ether oxygens (including phenoxy) is 1. The lowest BCUT2D eigenvalue weighted by molar-refractivity contribution is -0.120. The average Bonchev–Trinajstić information content (AvgIpc) is 3.37. The van der Waals surface area contributed by atoms with Crippen LogP contribution in [0, 0.1) is 5.92 Å². The molecule has 0 unspecified atom stereocenters. The van der Waals surface area contributed by atoms with Crippen molar-refractivity contribution in [1.29, 1.82) is 0 Å². The topological polar surface area (TPSA) is 82.2 Å². The second-order valence-corrected chi connectivity index (χ2v) is 8.41. The van der Waals surface area contributed by atoms with E-state index in [1.54, 1.807) is 13.4 Å². The molecule has 0 bridgehead atoms. The molecule has 7 nitrogen and oxygen atoms in total. The number of rotatable bonds is 9. The van der Waals surface area contributed by atoms with Crippen LogP contribution in [0.1, 0.15) is 26.5 Å². The second-order valence-electron chi connectivity index (χ2n) is 7.10. The average molecular weight is 415 g/mol. The van der Waals surface area contributed by atoms with Gasteiger partial charge in [0.2, 0.25) is 5.91 Å². The molecule has 3 aromatic rings. The molecule has 0 saturated carbocycles. The molecule has 1 aromatic carbocycles. The first-order chi connectivity index (χ1) is 14.0. The molecule has 0 aliphatic rings. The molecule has 1 atom stereocenters. The predicted molar refractivity (Wildman–Crippen MR) is 113 cm³/mol. The van der Waals surface area contributed by atoms with Gasteiger partial charge in [0, 0.05) is 12.1 Å². The van der Waals surface area contributed by atoms with E-state index in [4.69, 9.17) is 9.15 Å². The van der Waals surface area contributed by atoms with Crippen molar-refractivity contribution in [2.24, 2.45) is 5.92 Å². The van der Waals surface area contributed by atoms with Crippen molar-refractivity contribution >= 4 is 17.7 Å². The number of benzene rings is 1. The van der Waals surface area contributed by atoms with E-state index in [9.17, 15) is 4.79 Å². The Morgan fingerprint density at radius 3 is 2.76 bits per heavy atom. The van der Waals surface area contributed by atoms with E-state index in [0.717, 1.165) is 17.1 Å². The Morgan fingerprint density at radius 1 is 1.24 bits per heavy atom. The molecule has 1 N–H and O–H groups in total. The van der Waals surface area contributed by atoms with Gasteiger partial charge in [-0.3, -0.25) is 9.36 Å². The molecule has 0 aliphatic carbocycles. The lowest BCUT2D eigenvalue weighted by Gasteiger charge is -2.14. The quantitative estimate of drug-likeness (QED) is 0.536. The smallest absolute Gasteiger partial charge is 0.233 e. The molecule has 0 saturated heterocycles. The number of methoxy groups -OCH3 is 1. The monoisotopic (exact) mass is 414 g/mol. The highest BCUT2D eigenvalue weighted by Crippen LogP contribution is 2.29. The third-order valence-corrected chi connectivity index (χ3v) is 5.36. The Kier molecular flexibility index (Phi) is 6.98. The lowest BCUT2D eigenvalue weighted by Crippen LogP contribution is -2.33. The number of amides is 1. The fraction of sp³-hybridized carbons (Fsp3) is 0.381. The summed E-state index contributed by atoms with van der Waals surface area (Å²) >= 11 is 1.38. The van der Waals surface area contributed by atoms with Crippen LogP contribution in [0.25, 0.3) is 11.4 Å². The molecule has 0 fully saturated rings. The van der Waals surface area contributed by atoms with Gasteiger partial charge in [-0.05, 0) is 37.1 Å². The van der Waals surface area contributed by atoms with Gasteiger partial charge in [-0.1, -0.05) is 37.7 Å². The zero-order valence-electron chi connectivity index (χ0n) is 17.1. The molecular weight excluding hydrogens is 388 g/mol. The first-order valence-electron chi connectivity index (χ1n) is 9.52. The first kappa shape index (κ1) is 21.0. The van der Waals surface area contributed by atoms with Gasteiger partial charge in [0.1, 0.15) is 11.5 Å². The van der Waals surface area contributed by atoms with Gasteiger partial charge in [-0.2, -0.15) is 0 Å². The zero-order chi connectivity index (χ0) is 20.8. The van der Waals surface area contributed by atoms with Crippen molar-refractivity contribution in [3.63, 3.8) is 0 Å². The summed E-state index contributed by atoms with van der Waals surface area (Å²) in [5, 5.41) is 12.1. The van der Waals surface area contributed by atoms with Crippen LogP contribution in [-0.4, -0.2) is 39.6 Å². The maximum Gasteiger partial charge on any atom is 0.233 e. The van der Waals surface area contributed by atoms with Crippen LogP contribution < -0.4 is 10.1 Å². The summed E-state index contributed by atoms with van der Waals surface area (Å²) in [6, 6.07) is 11.4. The Hall–Kier alpha value is -2.74. The lowest BCUT2D eigenvalue weighted by atomic mass is 10.2. The Morgan fingerprint density at radius 2 is 2.07 bits per heavy atom. The van der Waals surface area contributed by atoms with Crippen LogP contribution in [0.4, 0.5) is 0 Å². The van der Waals surface area contributed by atoms with Crippen molar-refractivity contribution in [3.8, 4) is 17.1 Å². The van der Waals surface area contributed by atoms with Crippen LogP contribution in [0.15, 0.2) is 52.2 Å². The molecule has 0 spiro atoms. The predicted octanol–water partition coefficient (Wildman–Crippen LogP) is 3.85. The minimum atomic E-state index is -0.300. The van der Waals surface area contributed by atoms with Gasteiger partial charge in [0.05, 0.1) is 25.2 Å². The largest absolute Gasteiger partial charge is 0.497 e. The number of thioether (sulfide) groups is 1. The van der Waals surface area contributed by atoms with Crippen LogP contribution >= 0.6 is 11.8 Å². The van der Waals surface area contributed by atoms with Gasteiger partial charge < -0.3 is 14.5 Å². The van der Waals surface area contributed by atoms with Gasteiger partial charge in [0.25, 0.3) is 0 Å². The van der Waals surface area contributed by atoms with Crippen molar-refractivity contribution in [1.82, 2.24) is 20.1 Å². The van der Waals surface area contributed by atoms with Crippen LogP contribution in [-0.2, 0) is 11.3 Å². The number of carbonyl (C=O) groups is 1. The Bertz CT molecular complexity index is 937. The third kappa shape index (κ3) is 5.41. The van der Waals surface area contributed by atoms with Gasteiger partial charge >= 0.3 is 0 Å². The van der Waals surface area contributed by atoms with Crippen LogP contribution in [0.3, 0.4) is 0 Å². The fourth-order valence-corrected chi connectivity index (χ4v) is 3.59. The molecule has 1 amide bonds. The molecule has 154 valence electrons. The summed E-state index contributed by atoms with van der Waals surface area (Å²) in [4.78, 5) is 12.4. The summed E-state index contributed by atoms with van der Waals surface area (Å²) in [5.74, 6) is 2.61. The van der Waals surface area contributed by atoms with Crippen molar-refractivity contribution in [2.45, 2.75) is 37.7 Å². The minimum absolute atomic E-state index is 0.0146. The molecule has 0 radical (unpaired) electrons. The molecule has 0 aliphatic heterocycles. The van der Waals surface area contributed by atoms with E-state index >= 15 is 0 Å². The molecular formula is C21H26N4O3S. The fourth-order valence-electron chi connectivity index (χ4n) is 2.71. The van der Waals surface area contributed by atoms with Crippen molar-refractivity contribution in [2.75, 3.05) is 13.7 Å². The van der Waals surface area contributed by atoms with E-state index in [0.29, 0.717) is 30.0 Å². The van der Waals surface area contributed by atoms with Gasteiger partial charge in [0.15, 0.2) is 11.0 Å². The molecule has 8 heteroatoms. The van der Waals surface area contributed by atoms with E-state index in [1.165, 1.54) is 11.8 Å². The number of aromatic nitrogens is 3.